The summed E-state index contributed by atoms with van der Waals surface area (Å²) in [7, 11) is -3.40. The van der Waals surface area contributed by atoms with Gasteiger partial charge < -0.3 is 4.90 Å². The van der Waals surface area contributed by atoms with Crippen LogP contribution in [0, 0.1) is 5.41 Å². The summed E-state index contributed by atoms with van der Waals surface area (Å²) in [6, 6.07) is 9.12. The second-order valence-corrected chi connectivity index (χ2v) is 11.6. The highest BCUT2D eigenvalue weighted by atomic mass is 32.2. The number of sulfonamides is 1. The quantitative estimate of drug-likeness (QED) is 0.571. The molecule has 2 aliphatic rings. The molecule has 0 unspecified atom stereocenters. The predicted octanol–water partition coefficient (Wildman–Crippen LogP) is 2.71. The Bertz CT molecular complexity index is 1180. The van der Waals surface area contributed by atoms with Crippen molar-refractivity contribution in [3.8, 4) is 11.3 Å². The maximum absolute atomic E-state index is 12.9. The fourth-order valence-electron chi connectivity index (χ4n) is 4.66. The molecule has 2 aliphatic heterocycles. The van der Waals surface area contributed by atoms with Crippen LogP contribution >= 0.6 is 11.3 Å². The molecule has 10 heteroatoms. The number of thiophene rings is 1. The summed E-state index contributed by atoms with van der Waals surface area (Å²) in [4.78, 5) is 18.8. The summed E-state index contributed by atoms with van der Waals surface area (Å²) in [6.07, 6.45) is 7.77. The minimum atomic E-state index is -3.40. The van der Waals surface area contributed by atoms with Gasteiger partial charge in [-0.1, -0.05) is 6.07 Å². The molecule has 0 bridgehead atoms. The number of likely N-dealkylation sites (tertiary alicyclic amines) is 1. The first-order chi connectivity index (χ1) is 15.5. The molecule has 3 aromatic heterocycles. The Kier molecular flexibility index (Phi) is 5.60. The van der Waals surface area contributed by atoms with Crippen LogP contribution in [0.1, 0.15) is 19.3 Å². The Morgan fingerprint density at radius 1 is 1.06 bits per heavy atom. The smallest absolute Gasteiger partial charge is 0.252 e. The van der Waals surface area contributed by atoms with Crippen molar-refractivity contribution in [1.29, 1.82) is 0 Å². The van der Waals surface area contributed by atoms with Crippen molar-refractivity contribution in [3.05, 3.63) is 54.3 Å². The molecule has 8 nitrogen and oxygen atoms in total. The SMILES string of the molecule is O=C(Cn1ccc(-c2ccncc2)n1)N1CCC2(CCN(S(=O)(=O)c3cccs3)CC2)C1. The van der Waals surface area contributed by atoms with Crippen molar-refractivity contribution in [2.45, 2.75) is 30.0 Å². The highest BCUT2D eigenvalue weighted by Gasteiger charge is 2.44. The molecule has 0 atom stereocenters. The zero-order valence-electron chi connectivity index (χ0n) is 17.6. The Hall–Kier alpha value is -2.56. The van der Waals surface area contributed by atoms with Crippen LogP contribution in [0.2, 0.25) is 0 Å². The highest BCUT2D eigenvalue weighted by molar-refractivity contribution is 7.91. The van der Waals surface area contributed by atoms with E-state index in [1.807, 2.05) is 29.3 Å². The number of carbonyl (C=O) groups excluding carboxylic acids is 1. The van der Waals surface area contributed by atoms with Gasteiger partial charge in [0.05, 0.1) is 5.69 Å². The Morgan fingerprint density at radius 2 is 1.81 bits per heavy atom. The van der Waals surface area contributed by atoms with E-state index in [0.29, 0.717) is 23.8 Å². The zero-order valence-corrected chi connectivity index (χ0v) is 19.3. The van der Waals surface area contributed by atoms with Gasteiger partial charge in [-0.05, 0) is 54.3 Å². The number of piperidine rings is 1. The van der Waals surface area contributed by atoms with E-state index in [-0.39, 0.29) is 17.9 Å². The fraction of sp³-hybridized carbons (Fsp3) is 0.409. The molecule has 0 saturated carbocycles. The Morgan fingerprint density at radius 3 is 2.53 bits per heavy atom. The van der Waals surface area contributed by atoms with Crippen LogP contribution in [-0.2, 0) is 21.4 Å². The minimum absolute atomic E-state index is 0.0173. The van der Waals surface area contributed by atoms with Crippen LogP contribution in [0.3, 0.4) is 0 Å². The molecule has 0 radical (unpaired) electrons. The third-order valence-corrected chi connectivity index (χ3v) is 9.85. The summed E-state index contributed by atoms with van der Waals surface area (Å²) >= 11 is 1.26. The van der Waals surface area contributed by atoms with Gasteiger partial charge in [-0.2, -0.15) is 9.40 Å². The first kappa shape index (κ1) is 21.3. The second-order valence-electron chi connectivity index (χ2n) is 8.54. The maximum atomic E-state index is 12.9. The standard InChI is InChI=1S/C22H25N5O3S2/c28-20(16-26-11-5-19(24-26)18-3-9-23-10-4-18)25-12-6-22(17-25)7-13-27(14-8-22)32(29,30)21-2-1-15-31-21/h1-5,9-11,15H,6-8,12-14,16-17H2. The number of amides is 1. The van der Waals surface area contributed by atoms with E-state index in [4.69, 9.17) is 0 Å². The molecule has 1 spiro atoms. The van der Waals surface area contributed by atoms with Crippen molar-refractivity contribution in [1.82, 2.24) is 24.0 Å². The van der Waals surface area contributed by atoms with E-state index in [1.54, 1.807) is 38.9 Å². The summed E-state index contributed by atoms with van der Waals surface area (Å²) in [5, 5.41) is 6.32. The number of carbonyl (C=O) groups is 1. The van der Waals surface area contributed by atoms with E-state index in [9.17, 15) is 13.2 Å². The van der Waals surface area contributed by atoms with Gasteiger partial charge in [0.2, 0.25) is 5.91 Å². The number of rotatable bonds is 5. The lowest BCUT2D eigenvalue weighted by Gasteiger charge is -2.38. The third kappa shape index (κ3) is 4.10. The molecule has 0 N–H and O–H groups in total. The van der Waals surface area contributed by atoms with E-state index in [1.165, 1.54) is 11.3 Å². The molecule has 1 amide bonds. The van der Waals surface area contributed by atoms with Crippen LogP contribution < -0.4 is 0 Å². The molecule has 0 aliphatic carbocycles. The second kappa shape index (κ2) is 8.42. The Labute approximate surface area is 191 Å². The van der Waals surface area contributed by atoms with Crippen LogP contribution in [0.15, 0.2) is 58.5 Å². The van der Waals surface area contributed by atoms with Gasteiger partial charge >= 0.3 is 0 Å². The first-order valence-electron chi connectivity index (χ1n) is 10.7. The van der Waals surface area contributed by atoms with Crippen LogP contribution in [0.25, 0.3) is 11.3 Å². The summed E-state index contributed by atoms with van der Waals surface area (Å²) < 4.78 is 29.3. The monoisotopic (exact) mass is 471 g/mol. The van der Waals surface area contributed by atoms with Crippen LogP contribution in [0.4, 0.5) is 0 Å². The summed E-state index contributed by atoms with van der Waals surface area (Å²) in [5.41, 5.74) is 1.80. The fourth-order valence-corrected chi connectivity index (χ4v) is 7.25. The number of pyridine rings is 1. The van der Waals surface area contributed by atoms with Crippen LogP contribution in [0.5, 0.6) is 0 Å². The van der Waals surface area contributed by atoms with Crippen molar-refractivity contribution < 1.29 is 13.2 Å². The molecule has 0 aromatic carbocycles. The van der Waals surface area contributed by atoms with E-state index in [0.717, 1.165) is 37.1 Å². The van der Waals surface area contributed by atoms with Gasteiger partial charge in [0.25, 0.3) is 10.0 Å². The third-order valence-electron chi connectivity index (χ3n) is 6.58. The molecule has 3 aromatic rings. The maximum Gasteiger partial charge on any atom is 0.252 e. The summed E-state index contributed by atoms with van der Waals surface area (Å²) in [5.74, 6) is 0.0555. The molecule has 2 saturated heterocycles. The molecule has 32 heavy (non-hydrogen) atoms. The van der Waals surface area contributed by atoms with Crippen molar-refractivity contribution >= 4 is 27.3 Å². The van der Waals surface area contributed by atoms with Gasteiger partial charge in [0.1, 0.15) is 10.8 Å². The van der Waals surface area contributed by atoms with Crippen molar-refractivity contribution in [2.75, 3.05) is 26.2 Å². The van der Waals surface area contributed by atoms with Gasteiger partial charge in [0, 0.05) is 50.3 Å². The lowest BCUT2D eigenvalue weighted by molar-refractivity contribution is -0.131. The zero-order chi connectivity index (χ0) is 22.2. The largest absolute Gasteiger partial charge is 0.341 e. The number of hydrogen-bond acceptors (Lipinski definition) is 6. The molecule has 5 heterocycles. The van der Waals surface area contributed by atoms with Crippen molar-refractivity contribution in [2.24, 2.45) is 5.41 Å². The average molecular weight is 472 g/mol. The number of hydrogen-bond donors (Lipinski definition) is 0. The summed E-state index contributed by atoms with van der Waals surface area (Å²) in [6.45, 7) is 2.64. The molecular formula is C22H25N5O3S2. The average Bonchev–Trinajstić information content (AvgIpc) is 3.57. The highest BCUT2D eigenvalue weighted by Crippen LogP contribution is 2.41. The van der Waals surface area contributed by atoms with Gasteiger partial charge in [-0.15, -0.1) is 11.3 Å². The van der Waals surface area contributed by atoms with E-state index < -0.39 is 10.0 Å². The molecule has 5 rings (SSSR count). The lowest BCUT2D eigenvalue weighted by atomic mass is 9.78. The minimum Gasteiger partial charge on any atom is -0.341 e. The number of nitrogens with zero attached hydrogens (tertiary/aromatic N) is 5. The van der Waals surface area contributed by atoms with Gasteiger partial charge in [-0.25, -0.2) is 8.42 Å². The Balaban J connectivity index is 1.18. The van der Waals surface area contributed by atoms with E-state index >= 15 is 0 Å². The molecule has 2 fully saturated rings. The topological polar surface area (TPSA) is 88.4 Å². The number of aromatic nitrogens is 3. The van der Waals surface area contributed by atoms with Gasteiger partial charge in [-0.3, -0.25) is 14.5 Å². The predicted molar refractivity (Wildman–Crippen MR) is 121 cm³/mol. The molecule has 168 valence electrons. The first-order valence-corrected chi connectivity index (χ1v) is 13.0. The van der Waals surface area contributed by atoms with Gasteiger partial charge in [0.15, 0.2) is 0 Å². The molecular weight excluding hydrogens is 446 g/mol. The lowest BCUT2D eigenvalue weighted by Crippen LogP contribution is -2.44. The van der Waals surface area contributed by atoms with E-state index in [2.05, 4.69) is 10.1 Å². The van der Waals surface area contributed by atoms with Crippen LogP contribution in [-0.4, -0.2) is 64.5 Å². The van der Waals surface area contributed by atoms with Crippen molar-refractivity contribution in [3.63, 3.8) is 0 Å². The normalized spacial score (nSPS) is 18.9.